The summed E-state index contributed by atoms with van der Waals surface area (Å²) in [5.74, 6) is -1.58. The molecule has 3 aromatic carbocycles. The van der Waals surface area contributed by atoms with Crippen LogP contribution in [0, 0.1) is 0 Å². The van der Waals surface area contributed by atoms with E-state index < -0.39 is 23.3 Å². The topological polar surface area (TPSA) is 37.3 Å². The van der Waals surface area contributed by atoms with Crippen LogP contribution in [0.15, 0.2) is 48.5 Å². The zero-order valence-electron chi connectivity index (χ0n) is 10.6. The second-order valence-corrected chi connectivity index (χ2v) is 4.71. The molecule has 0 fully saturated rings. The van der Waals surface area contributed by atoms with Crippen LogP contribution in [0.5, 0.6) is 0 Å². The summed E-state index contributed by atoms with van der Waals surface area (Å²) in [5, 5.41) is 11.3. The SMILES string of the molecule is O=C(O)c1c(C(F)(F)F)ccc2cc3ccccc3cc12. The van der Waals surface area contributed by atoms with Gasteiger partial charge in [0.2, 0.25) is 0 Å². The molecule has 5 heteroatoms. The molecule has 21 heavy (non-hydrogen) atoms. The molecular weight excluding hydrogens is 281 g/mol. The molecular formula is C16H9F3O2. The molecule has 0 saturated heterocycles. The van der Waals surface area contributed by atoms with Crippen molar-refractivity contribution in [2.24, 2.45) is 0 Å². The summed E-state index contributed by atoms with van der Waals surface area (Å²) in [6.07, 6.45) is -4.70. The first-order chi connectivity index (χ1) is 9.88. The molecule has 0 saturated carbocycles. The Kier molecular flexibility index (Phi) is 2.86. The van der Waals surface area contributed by atoms with E-state index in [0.717, 1.165) is 11.5 Å². The molecule has 0 aliphatic rings. The lowest BCUT2D eigenvalue weighted by Gasteiger charge is -2.13. The van der Waals surface area contributed by atoms with Crippen molar-refractivity contribution >= 4 is 27.5 Å². The van der Waals surface area contributed by atoms with Crippen molar-refractivity contribution in [2.75, 3.05) is 0 Å². The molecule has 2 nitrogen and oxygen atoms in total. The fourth-order valence-electron chi connectivity index (χ4n) is 2.48. The molecule has 0 radical (unpaired) electrons. The van der Waals surface area contributed by atoms with Crippen molar-refractivity contribution in [2.45, 2.75) is 6.18 Å². The van der Waals surface area contributed by atoms with Gasteiger partial charge in [-0.25, -0.2) is 4.79 Å². The van der Waals surface area contributed by atoms with Gasteiger partial charge in [-0.2, -0.15) is 13.2 Å². The molecule has 0 aliphatic heterocycles. The monoisotopic (exact) mass is 290 g/mol. The molecule has 1 N–H and O–H groups in total. The molecule has 0 heterocycles. The van der Waals surface area contributed by atoms with Gasteiger partial charge < -0.3 is 5.11 Å². The number of fused-ring (bicyclic) bond motifs is 2. The number of rotatable bonds is 1. The Hall–Kier alpha value is -2.56. The summed E-state index contributed by atoms with van der Waals surface area (Å²) < 4.78 is 39.0. The van der Waals surface area contributed by atoms with Crippen molar-refractivity contribution in [1.29, 1.82) is 0 Å². The minimum absolute atomic E-state index is 0.0935. The fraction of sp³-hybridized carbons (Fsp3) is 0.0625. The van der Waals surface area contributed by atoms with E-state index in [9.17, 15) is 23.1 Å². The van der Waals surface area contributed by atoms with Gasteiger partial charge in [-0.1, -0.05) is 30.3 Å². The predicted molar refractivity (Wildman–Crippen MR) is 73.4 cm³/mol. The summed E-state index contributed by atoms with van der Waals surface area (Å²) >= 11 is 0. The smallest absolute Gasteiger partial charge is 0.417 e. The molecule has 0 spiro atoms. The minimum atomic E-state index is -4.70. The van der Waals surface area contributed by atoms with Crippen LogP contribution in [-0.2, 0) is 6.18 Å². The zero-order chi connectivity index (χ0) is 15.2. The van der Waals surface area contributed by atoms with Crippen molar-refractivity contribution in [1.82, 2.24) is 0 Å². The standard InChI is InChI=1S/C16H9F3O2/c17-16(18,19)13-6-5-11-7-9-3-1-2-4-10(9)8-12(11)14(13)15(20)21/h1-8H,(H,20,21). The van der Waals surface area contributed by atoms with Crippen LogP contribution in [0.1, 0.15) is 15.9 Å². The normalized spacial score (nSPS) is 12.0. The van der Waals surface area contributed by atoms with Gasteiger partial charge >= 0.3 is 12.1 Å². The van der Waals surface area contributed by atoms with Crippen LogP contribution < -0.4 is 0 Å². The average Bonchev–Trinajstić information content (AvgIpc) is 2.42. The Balaban J connectivity index is 2.47. The number of benzene rings is 3. The van der Waals surface area contributed by atoms with Gasteiger partial charge in [0, 0.05) is 0 Å². The van der Waals surface area contributed by atoms with Gasteiger partial charge in [-0.15, -0.1) is 0 Å². The number of carboxylic acid groups (broad SMARTS) is 1. The number of alkyl halides is 3. The maximum Gasteiger partial charge on any atom is 0.417 e. The first-order valence-electron chi connectivity index (χ1n) is 6.14. The van der Waals surface area contributed by atoms with Gasteiger partial charge in [0.1, 0.15) is 0 Å². The third-order valence-electron chi connectivity index (χ3n) is 3.41. The van der Waals surface area contributed by atoms with E-state index >= 15 is 0 Å². The Bertz CT molecular complexity index is 866. The van der Waals surface area contributed by atoms with Gasteiger partial charge in [0.15, 0.2) is 0 Å². The molecule has 106 valence electrons. The lowest BCUT2D eigenvalue weighted by atomic mass is 9.95. The number of carbonyl (C=O) groups is 1. The number of carboxylic acids is 1. The van der Waals surface area contributed by atoms with Crippen LogP contribution in [0.4, 0.5) is 13.2 Å². The van der Waals surface area contributed by atoms with Crippen molar-refractivity contribution in [3.05, 3.63) is 59.7 Å². The molecule has 3 rings (SSSR count). The lowest BCUT2D eigenvalue weighted by Crippen LogP contribution is -2.13. The largest absolute Gasteiger partial charge is 0.478 e. The third kappa shape index (κ3) is 2.20. The van der Waals surface area contributed by atoms with Crippen molar-refractivity contribution in [3.63, 3.8) is 0 Å². The quantitative estimate of drug-likeness (QED) is 0.659. The number of hydrogen-bond acceptors (Lipinski definition) is 1. The summed E-state index contributed by atoms with van der Waals surface area (Å²) in [7, 11) is 0. The van der Waals surface area contributed by atoms with Gasteiger partial charge in [0.25, 0.3) is 0 Å². The Morgan fingerprint density at radius 3 is 2.10 bits per heavy atom. The zero-order valence-corrected chi connectivity index (χ0v) is 10.6. The van der Waals surface area contributed by atoms with Crippen LogP contribution in [0.2, 0.25) is 0 Å². The van der Waals surface area contributed by atoms with Crippen LogP contribution >= 0.6 is 0 Å². The van der Waals surface area contributed by atoms with E-state index in [1.165, 1.54) is 12.1 Å². The second-order valence-electron chi connectivity index (χ2n) is 4.71. The lowest BCUT2D eigenvalue weighted by molar-refractivity contribution is -0.138. The fourth-order valence-corrected chi connectivity index (χ4v) is 2.48. The van der Waals surface area contributed by atoms with Crippen molar-refractivity contribution in [3.8, 4) is 0 Å². The molecule has 0 aliphatic carbocycles. The van der Waals surface area contributed by atoms with Gasteiger partial charge in [-0.3, -0.25) is 0 Å². The molecule has 0 atom stereocenters. The first kappa shape index (κ1) is 13.4. The van der Waals surface area contributed by atoms with E-state index in [1.54, 1.807) is 18.2 Å². The summed E-state index contributed by atoms with van der Waals surface area (Å²) in [6, 6.07) is 12.4. The number of hydrogen-bond donors (Lipinski definition) is 1. The van der Waals surface area contributed by atoms with Gasteiger partial charge in [-0.05, 0) is 39.7 Å². The molecule has 3 aromatic rings. The molecule has 0 unspecified atom stereocenters. The number of halogens is 3. The van der Waals surface area contributed by atoms with Crippen LogP contribution in [0.25, 0.3) is 21.5 Å². The van der Waals surface area contributed by atoms with Gasteiger partial charge in [0.05, 0.1) is 11.1 Å². The van der Waals surface area contributed by atoms with Crippen LogP contribution in [0.3, 0.4) is 0 Å². The summed E-state index contributed by atoms with van der Waals surface area (Å²) in [5.41, 5.74) is -1.83. The van der Waals surface area contributed by atoms with E-state index in [0.29, 0.717) is 10.8 Å². The maximum atomic E-state index is 13.0. The Morgan fingerprint density at radius 2 is 1.52 bits per heavy atom. The maximum absolute atomic E-state index is 13.0. The Labute approximate surface area is 117 Å². The van der Waals surface area contributed by atoms with E-state index in [2.05, 4.69) is 0 Å². The highest BCUT2D eigenvalue weighted by Crippen LogP contribution is 2.36. The second kappa shape index (κ2) is 4.48. The first-order valence-corrected chi connectivity index (χ1v) is 6.14. The van der Waals surface area contributed by atoms with E-state index in [4.69, 9.17) is 0 Å². The summed E-state index contributed by atoms with van der Waals surface area (Å²) in [6.45, 7) is 0. The average molecular weight is 290 g/mol. The Morgan fingerprint density at radius 1 is 0.905 bits per heavy atom. The molecule has 0 amide bonds. The van der Waals surface area contributed by atoms with Crippen molar-refractivity contribution < 1.29 is 23.1 Å². The predicted octanol–water partition coefficient (Wildman–Crippen LogP) is 4.71. The third-order valence-corrected chi connectivity index (χ3v) is 3.41. The number of aromatic carboxylic acids is 1. The van der Waals surface area contributed by atoms with E-state index in [-0.39, 0.29) is 5.39 Å². The highest BCUT2D eigenvalue weighted by atomic mass is 19.4. The highest BCUT2D eigenvalue weighted by Gasteiger charge is 2.36. The highest BCUT2D eigenvalue weighted by molar-refractivity contribution is 6.09. The summed E-state index contributed by atoms with van der Waals surface area (Å²) in [4.78, 5) is 11.3. The molecule has 0 aromatic heterocycles. The van der Waals surface area contributed by atoms with Crippen LogP contribution in [-0.4, -0.2) is 11.1 Å². The minimum Gasteiger partial charge on any atom is -0.478 e. The van der Waals surface area contributed by atoms with E-state index in [1.807, 2.05) is 12.1 Å². The molecule has 0 bridgehead atoms.